The van der Waals surface area contributed by atoms with Crippen molar-refractivity contribution in [2.45, 2.75) is 45.2 Å². The molecule has 1 aliphatic heterocycles. The van der Waals surface area contributed by atoms with E-state index in [1.54, 1.807) is 11.3 Å². The maximum absolute atomic E-state index is 4.86. The number of piperazine rings is 1. The zero-order valence-electron chi connectivity index (χ0n) is 19.2. The van der Waals surface area contributed by atoms with Crippen LogP contribution in [-0.2, 0) is 13.0 Å². The number of tetrazole rings is 1. The van der Waals surface area contributed by atoms with Gasteiger partial charge in [0.05, 0.1) is 16.3 Å². The normalized spacial score (nSPS) is 15.8. The lowest BCUT2D eigenvalue weighted by Crippen LogP contribution is -2.48. The number of aromatic nitrogens is 5. The molecule has 2 aromatic heterocycles. The highest BCUT2D eigenvalue weighted by Gasteiger charge is 2.29. The summed E-state index contributed by atoms with van der Waals surface area (Å²) in [7, 11) is 0. The van der Waals surface area contributed by atoms with E-state index in [-0.39, 0.29) is 6.04 Å². The third-order valence-electron chi connectivity index (χ3n) is 6.45. The molecule has 0 aliphatic carbocycles. The van der Waals surface area contributed by atoms with Crippen LogP contribution in [0.1, 0.15) is 43.6 Å². The molecule has 0 unspecified atom stereocenters. The maximum atomic E-state index is 4.86. The van der Waals surface area contributed by atoms with Crippen molar-refractivity contribution in [1.29, 1.82) is 0 Å². The molecule has 172 valence electrons. The first-order chi connectivity index (χ1) is 16.3. The molecule has 3 heterocycles. The van der Waals surface area contributed by atoms with Crippen molar-refractivity contribution >= 4 is 26.7 Å². The lowest BCUT2D eigenvalue weighted by Gasteiger charge is -2.38. The van der Waals surface area contributed by atoms with Gasteiger partial charge in [0.1, 0.15) is 0 Å². The van der Waals surface area contributed by atoms with E-state index >= 15 is 0 Å². The second-order valence-corrected chi connectivity index (χ2v) is 9.65. The number of benzene rings is 2. The number of rotatable bonds is 9. The van der Waals surface area contributed by atoms with Gasteiger partial charge in [0, 0.05) is 32.7 Å². The fourth-order valence-electron chi connectivity index (χ4n) is 4.58. The Morgan fingerprint density at radius 1 is 0.970 bits per heavy atom. The van der Waals surface area contributed by atoms with E-state index in [4.69, 9.17) is 4.98 Å². The van der Waals surface area contributed by atoms with Crippen molar-refractivity contribution in [2.24, 2.45) is 0 Å². The standard InChI is InChI=1S/C25H31N7S/c1-2-3-12-22(24-27-28-29-32(24)15-14-20-9-5-4-6-10-20)30-16-18-31(19-17-30)25-26-21-11-7-8-13-23(21)33-25/h4-11,13,22H,2-3,12,14-19H2,1H3/t22-/m1/s1. The van der Waals surface area contributed by atoms with Crippen molar-refractivity contribution in [3.8, 4) is 0 Å². The van der Waals surface area contributed by atoms with E-state index in [2.05, 4.69) is 86.8 Å². The maximum Gasteiger partial charge on any atom is 0.186 e. The number of anilines is 1. The first kappa shape index (κ1) is 22.0. The van der Waals surface area contributed by atoms with E-state index in [0.29, 0.717) is 0 Å². The van der Waals surface area contributed by atoms with Gasteiger partial charge in [-0.2, -0.15) is 0 Å². The molecule has 33 heavy (non-hydrogen) atoms. The van der Waals surface area contributed by atoms with Gasteiger partial charge in [0.2, 0.25) is 0 Å². The minimum Gasteiger partial charge on any atom is -0.345 e. The number of unbranched alkanes of at least 4 members (excludes halogenated alkanes) is 1. The quantitative estimate of drug-likeness (QED) is 0.364. The third-order valence-corrected chi connectivity index (χ3v) is 7.55. The molecule has 8 heteroatoms. The molecule has 0 amide bonds. The third kappa shape index (κ3) is 5.07. The van der Waals surface area contributed by atoms with Gasteiger partial charge in [-0.15, -0.1) is 5.10 Å². The van der Waals surface area contributed by atoms with Crippen LogP contribution in [0.2, 0.25) is 0 Å². The Kier molecular flexibility index (Phi) is 6.92. The Morgan fingerprint density at radius 2 is 1.76 bits per heavy atom. The molecule has 1 saturated heterocycles. The molecule has 2 aromatic carbocycles. The van der Waals surface area contributed by atoms with E-state index in [1.165, 1.54) is 23.1 Å². The van der Waals surface area contributed by atoms with Crippen LogP contribution in [0.3, 0.4) is 0 Å². The Morgan fingerprint density at radius 3 is 2.55 bits per heavy atom. The molecular weight excluding hydrogens is 430 g/mol. The van der Waals surface area contributed by atoms with Crippen LogP contribution in [0, 0.1) is 0 Å². The number of thiazole rings is 1. The van der Waals surface area contributed by atoms with Crippen LogP contribution < -0.4 is 4.90 Å². The number of hydrogen-bond acceptors (Lipinski definition) is 7. The summed E-state index contributed by atoms with van der Waals surface area (Å²) in [6.45, 7) is 7.01. The van der Waals surface area contributed by atoms with Crippen LogP contribution in [-0.4, -0.2) is 56.3 Å². The predicted molar refractivity (Wildman–Crippen MR) is 134 cm³/mol. The van der Waals surface area contributed by atoms with E-state index < -0.39 is 0 Å². The SMILES string of the molecule is CCCC[C@H](c1nnnn1CCc1ccccc1)N1CCN(c2nc3ccccc3s2)CC1. The topological polar surface area (TPSA) is 63.0 Å². The van der Waals surface area contributed by atoms with E-state index in [9.17, 15) is 0 Å². The molecule has 5 rings (SSSR count). The molecule has 1 fully saturated rings. The van der Waals surface area contributed by atoms with Crippen LogP contribution in [0.15, 0.2) is 54.6 Å². The van der Waals surface area contributed by atoms with Crippen LogP contribution in [0.25, 0.3) is 10.2 Å². The Balaban J connectivity index is 1.27. The largest absolute Gasteiger partial charge is 0.345 e. The molecule has 1 atom stereocenters. The summed E-state index contributed by atoms with van der Waals surface area (Å²) in [4.78, 5) is 9.86. The van der Waals surface area contributed by atoms with Gasteiger partial charge in [0.25, 0.3) is 0 Å². The molecule has 7 nitrogen and oxygen atoms in total. The minimum absolute atomic E-state index is 0.258. The predicted octanol–water partition coefficient (Wildman–Crippen LogP) is 4.58. The van der Waals surface area contributed by atoms with Crippen LogP contribution >= 0.6 is 11.3 Å². The summed E-state index contributed by atoms with van der Waals surface area (Å²) in [6, 6.07) is 19.2. The molecule has 0 bridgehead atoms. The highest BCUT2D eigenvalue weighted by molar-refractivity contribution is 7.22. The van der Waals surface area contributed by atoms with Gasteiger partial charge in [-0.1, -0.05) is 73.6 Å². The van der Waals surface area contributed by atoms with Crippen molar-refractivity contribution in [3.63, 3.8) is 0 Å². The van der Waals surface area contributed by atoms with Gasteiger partial charge >= 0.3 is 0 Å². The molecule has 0 spiro atoms. The summed E-state index contributed by atoms with van der Waals surface area (Å²) >= 11 is 1.79. The molecule has 0 saturated carbocycles. The summed E-state index contributed by atoms with van der Waals surface area (Å²) in [5.74, 6) is 1.01. The van der Waals surface area contributed by atoms with Gasteiger partial charge in [-0.25, -0.2) is 9.67 Å². The Labute approximate surface area is 199 Å². The first-order valence-corrected chi connectivity index (χ1v) is 12.8. The van der Waals surface area contributed by atoms with Gasteiger partial charge < -0.3 is 4.90 Å². The van der Waals surface area contributed by atoms with Crippen molar-refractivity contribution in [2.75, 3.05) is 31.1 Å². The molecule has 0 radical (unpaired) electrons. The molecule has 1 aliphatic rings. The van der Waals surface area contributed by atoms with Gasteiger partial charge in [0.15, 0.2) is 11.0 Å². The highest BCUT2D eigenvalue weighted by atomic mass is 32.1. The number of aryl methyl sites for hydroxylation is 2. The first-order valence-electron chi connectivity index (χ1n) is 12.0. The fourth-order valence-corrected chi connectivity index (χ4v) is 5.60. The lowest BCUT2D eigenvalue weighted by atomic mass is 10.1. The highest BCUT2D eigenvalue weighted by Crippen LogP contribution is 2.31. The number of nitrogens with zero attached hydrogens (tertiary/aromatic N) is 7. The number of fused-ring (bicyclic) bond motifs is 1. The van der Waals surface area contributed by atoms with Gasteiger partial charge in [-0.05, 0) is 41.0 Å². The number of hydrogen-bond donors (Lipinski definition) is 0. The summed E-state index contributed by atoms with van der Waals surface area (Å²) in [5.41, 5.74) is 2.41. The second-order valence-electron chi connectivity index (χ2n) is 8.64. The lowest BCUT2D eigenvalue weighted by molar-refractivity contribution is 0.162. The van der Waals surface area contributed by atoms with Gasteiger partial charge in [-0.3, -0.25) is 4.90 Å². The van der Waals surface area contributed by atoms with Crippen molar-refractivity contribution in [3.05, 3.63) is 66.0 Å². The Hall–Kier alpha value is -2.84. The summed E-state index contributed by atoms with van der Waals surface area (Å²) < 4.78 is 3.28. The average Bonchev–Trinajstić information content (AvgIpc) is 3.51. The van der Waals surface area contributed by atoms with Crippen molar-refractivity contribution in [1.82, 2.24) is 30.1 Å². The van der Waals surface area contributed by atoms with Crippen LogP contribution in [0.4, 0.5) is 5.13 Å². The number of para-hydroxylation sites is 1. The van der Waals surface area contributed by atoms with Crippen LogP contribution in [0.5, 0.6) is 0 Å². The molecule has 0 N–H and O–H groups in total. The zero-order chi connectivity index (χ0) is 22.5. The fraction of sp³-hybridized carbons (Fsp3) is 0.440. The monoisotopic (exact) mass is 461 g/mol. The van der Waals surface area contributed by atoms with E-state index in [0.717, 1.165) is 62.0 Å². The smallest absolute Gasteiger partial charge is 0.186 e. The Bertz CT molecular complexity index is 1110. The van der Waals surface area contributed by atoms with Crippen molar-refractivity contribution < 1.29 is 0 Å². The summed E-state index contributed by atoms with van der Waals surface area (Å²) in [5, 5.41) is 14.0. The van der Waals surface area contributed by atoms with E-state index in [1.807, 2.05) is 4.68 Å². The zero-order valence-corrected chi connectivity index (χ0v) is 20.0. The molecular formula is C25H31N7S. The summed E-state index contributed by atoms with van der Waals surface area (Å²) in [6.07, 6.45) is 4.37. The average molecular weight is 462 g/mol. The molecule has 4 aromatic rings. The second kappa shape index (κ2) is 10.4. The minimum atomic E-state index is 0.258.